The summed E-state index contributed by atoms with van der Waals surface area (Å²) in [7, 11) is 0. The monoisotopic (exact) mass is 326 g/mol. The van der Waals surface area contributed by atoms with Crippen molar-refractivity contribution in [3.05, 3.63) is 29.8 Å². The number of amides is 1. The van der Waals surface area contributed by atoms with Crippen LogP contribution in [-0.2, 0) is 11.2 Å². The van der Waals surface area contributed by atoms with Gasteiger partial charge in [-0.2, -0.15) is 10.1 Å². The minimum absolute atomic E-state index is 0.264. The third-order valence-electron chi connectivity index (χ3n) is 3.70. The Morgan fingerprint density at radius 2 is 2.04 bits per heavy atom. The molecular weight excluding hydrogens is 306 g/mol. The van der Waals surface area contributed by atoms with Crippen molar-refractivity contribution in [3.8, 4) is 5.75 Å². The molecule has 2 rings (SSSR count). The predicted octanol–water partition coefficient (Wildman–Crippen LogP) is 2.58. The number of aryl methyl sites for hydroxylation is 1. The van der Waals surface area contributed by atoms with E-state index >= 15 is 0 Å². The first-order valence-corrected chi connectivity index (χ1v) is 7.42. The van der Waals surface area contributed by atoms with Gasteiger partial charge >= 0.3 is 0 Å². The Bertz CT molecular complexity index is 604. The number of carbonyl (C=O) groups is 1. The molecule has 2 atom stereocenters. The van der Waals surface area contributed by atoms with Crippen LogP contribution in [0.2, 0.25) is 0 Å². The van der Waals surface area contributed by atoms with Crippen LogP contribution in [0.3, 0.4) is 0 Å². The molecule has 23 heavy (non-hydrogen) atoms. The lowest BCUT2D eigenvalue weighted by molar-refractivity contribution is -0.196. The number of hydrogen-bond donors (Lipinski definition) is 1. The molecule has 5 nitrogen and oxygen atoms in total. The van der Waals surface area contributed by atoms with Gasteiger partial charge in [-0.15, -0.1) is 0 Å². The van der Waals surface area contributed by atoms with E-state index in [0.717, 1.165) is 12.0 Å². The normalized spacial score (nSPS) is 22.2. The number of halogens is 2. The first-order valence-electron chi connectivity index (χ1n) is 7.42. The summed E-state index contributed by atoms with van der Waals surface area (Å²) in [5.41, 5.74) is -1.23. The van der Waals surface area contributed by atoms with Crippen LogP contribution in [0.15, 0.2) is 29.4 Å². The second-order valence-corrected chi connectivity index (χ2v) is 5.60. The van der Waals surface area contributed by atoms with E-state index in [1.54, 1.807) is 12.1 Å². The van der Waals surface area contributed by atoms with Crippen LogP contribution >= 0.6 is 0 Å². The summed E-state index contributed by atoms with van der Waals surface area (Å²) in [5, 5.41) is 14.2. The fourth-order valence-electron chi connectivity index (χ4n) is 2.38. The number of hydrazone groups is 1. The lowest BCUT2D eigenvalue weighted by atomic mass is 10.1. The second-order valence-electron chi connectivity index (χ2n) is 5.60. The summed E-state index contributed by atoms with van der Waals surface area (Å²) in [6.07, 6.45) is -3.68. The van der Waals surface area contributed by atoms with Gasteiger partial charge in [-0.3, -0.25) is 4.79 Å². The quantitative estimate of drug-likeness (QED) is 0.904. The Hall–Kier alpha value is -2.02. The maximum Gasteiger partial charge on any atom is 0.287 e. The average molecular weight is 326 g/mol. The lowest BCUT2D eigenvalue weighted by Crippen LogP contribution is -2.54. The summed E-state index contributed by atoms with van der Waals surface area (Å²) < 4.78 is 31.7. The van der Waals surface area contributed by atoms with Crippen LogP contribution in [0.5, 0.6) is 5.75 Å². The summed E-state index contributed by atoms with van der Waals surface area (Å²) >= 11 is 0. The number of aliphatic hydroxyl groups is 1. The van der Waals surface area contributed by atoms with E-state index in [9.17, 15) is 18.7 Å². The third kappa shape index (κ3) is 3.50. The molecule has 1 amide bonds. The minimum Gasteiger partial charge on any atom is -0.481 e. The van der Waals surface area contributed by atoms with Crippen LogP contribution in [-0.4, -0.2) is 40.0 Å². The highest BCUT2D eigenvalue weighted by Gasteiger charge is 2.51. The number of benzene rings is 1. The molecular formula is C16H20F2N2O3. The molecule has 0 aromatic heterocycles. The molecule has 0 aliphatic carbocycles. The smallest absolute Gasteiger partial charge is 0.287 e. The molecule has 7 heteroatoms. The van der Waals surface area contributed by atoms with Crippen molar-refractivity contribution < 1.29 is 23.4 Å². The van der Waals surface area contributed by atoms with Gasteiger partial charge in [-0.25, -0.2) is 8.78 Å². The van der Waals surface area contributed by atoms with Crippen molar-refractivity contribution in [2.24, 2.45) is 5.10 Å². The molecule has 0 bridgehead atoms. The minimum atomic E-state index is -3.12. The van der Waals surface area contributed by atoms with E-state index in [4.69, 9.17) is 4.74 Å². The molecule has 0 saturated heterocycles. The maximum absolute atomic E-state index is 13.1. The molecule has 0 spiro atoms. The van der Waals surface area contributed by atoms with Gasteiger partial charge in [-0.1, -0.05) is 19.1 Å². The highest BCUT2D eigenvalue weighted by molar-refractivity contribution is 5.90. The van der Waals surface area contributed by atoms with E-state index in [2.05, 4.69) is 5.10 Å². The molecule has 1 aromatic rings. The Kier molecular flexibility index (Phi) is 4.99. The Labute approximate surface area is 133 Å². The number of hydrogen-bond acceptors (Lipinski definition) is 4. The summed E-state index contributed by atoms with van der Waals surface area (Å²) in [6, 6.07) is 7.14. The molecule has 0 saturated carbocycles. The van der Waals surface area contributed by atoms with E-state index in [1.807, 2.05) is 19.1 Å². The fourth-order valence-corrected chi connectivity index (χ4v) is 2.38. The van der Waals surface area contributed by atoms with Crippen molar-refractivity contribution in [2.75, 3.05) is 0 Å². The van der Waals surface area contributed by atoms with Gasteiger partial charge in [0.25, 0.3) is 12.3 Å². The van der Waals surface area contributed by atoms with E-state index in [-0.39, 0.29) is 12.1 Å². The SMILES string of the molecule is CCc1ccc(O[C@@H](C)C(=O)N2N=C(C)C[C@]2(O)C(F)F)cc1. The predicted molar refractivity (Wildman–Crippen MR) is 81.4 cm³/mol. The van der Waals surface area contributed by atoms with Gasteiger partial charge in [0.2, 0.25) is 5.72 Å². The molecule has 0 unspecified atom stereocenters. The first-order chi connectivity index (χ1) is 10.8. The van der Waals surface area contributed by atoms with Crippen molar-refractivity contribution in [3.63, 3.8) is 0 Å². The summed E-state index contributed by atoms with van der Waals surface area (Å²) in [4.78, 5) is 12.3. The standard InChI is InChI=1S/C16H20F2N2O3/c1-4-12-5-7-13(8-6-12)23-11(3)14(21)20-16(22,15(17)18)9-10(2)19-20/h5-8,11,15,22H,4,9H2,1-3H3/t11-,16-/m0/s1. The van der Waals surface area contributed by atoms with Crippen LogP contribution in [0.4, 0.5) is 8.78 Å². The third-order valence-corrected chi connectivity index (χ3v) is 3.70. The van der Waals surface area contributed by atoms with Crippen molar-refractivity contribution in [1.82, 2.24) is 5.01 Å². The van der Waals surface area contributed by atoms with Crippen LogP contribution in [0.25, 0.3) is 0 Å². The number of ether oxygens (including phenoxy) is 1. The zero-order chi connectivity index (χ0) is 17.2. The molecule has 1 N–H and O–H groups in total. The van der Waals surface area contributed by atoms with Crippen LogP contribution in [0.1, 0.15) is 32.8 Å². The molecule has 1 heterocycles. The van der Waals surface area contributed by atoms with Crippen molar-refractivity contribution in [1.29, 1.82) is 0 Å². The summed E-state index contributed by atoms with van der Waals surface area (Å²) in [6.45, 7) is 4.93. The van der Waals surface area contributed by atoms with Gasteiger partial charge in [0, 0.05) is 12.1 Å². The molecule has 1 aromatic carbocycles. The number of nitrogens with zero attached hydrogens (tertiary/aromatic N) is 2. The maximum atomic E-state index is 13.1. The topological polar surface area (TPSA) is 62.1 Å². The Morgan fingerprint density at radius 1 is 1.43 bits per heavy atom. The van der Waals surface area contributed by atoms with Crippen molar-refractivity contribution >= 4 is 11.6 Å². The van der Waals surface area contributed by atoms with Crippen molar-refractivity contribution in [2.45, 2.75) is 51.9 Å². The average Bonchev–Trinajstić information content (AvgIpc) is 2.83. The lowest BCUT2D eigenvalue weighted by Gasteiger charge is -2.31. The first kappa shape index (κ1) is 17.3. The Morgan fingerprint density at radius 3 is 2.57 bits per heavy atom. The Balaban J connectivity index is 2.11. The van der Waals surface area contributed by atoms with Gasteiger partial charge < -0.3 is 9.84 Å². The number of alkyl halides is 2. The fraction of sp³-hybridized carbons (Fsp3) is 0.500. The van der Waals surface area contributed by atoms with Gasteiger partial charge in [-0.05, 0) is 38.0 Å². The van der Waals surface area contributed by atoms with Gasteiger partial charge in [0.05, 0.1) is 0 Å². The van der Waals surface area contributed by atoms with Crippen LogP contribution in [0, 0.1) is 0 Å². The summed E-state index contributed by atoms with van der Waals surface area (Å²) in [5.74, 6) is -0.368. The molecule has 1 aliphatic rings. The van der Waals surface area contributed by atoms with E-state index in [1.165, 1.54) is 13.8 Å². The second kappa shape index (κ2) is 6.62. The van der Waals surface area contributed by atoms with Gasteiger partial charge in [0.15, 0.2) is 6.10 Å². The van der Waals surface area contributed by atoms with E-state index in [0.29, 0.717) is 10.8 Å². The molecule has 0 radical (unpaired) electrons. The number of rotatable bonds is 5. The van der Waals surface area contributed by atoms with E-state index < -0.39 is 24.2 Å². The van der Waals surface area contributed by atoms with Crippen LogP contribution < -0.4 is 4.74 Å². The molecule has 0 fully saturated rings. The zero-order valence-corrected chi connectivity index (χ0v) is 13.3. The largest absolute Gasteiger partial charge is 0.481 e. The van der Waals surface area contributed by atoms with Gasteiger partial charge in [0.1, 0.15) is 5.75 Å². The highest BCUT2D eigenvalue weighted by atomic mass is 19.3. The molecule has 126 valence electrons. The highest BCUT2D eigenvalue weighted by Crippen LogP contribution is 2.32. The number of carbonyl (C=O) groups excluding carboxylic acids is 1. The molecule has 1 aliphatic heterocycles. The zero-order valence-electron chi connectivity index (χ0n) is 13.3.